The Hall–Kier alpha value is -2.60. The van der Waals surface area contributed by atoms with E-state index in [0.717, 1.165) is 12.0 Å². The first-order valence-corrected chi connectivity index (χ1v) is 10.4. The number of carbonyl (C=O) groups excluding carboxylic acids is 1. The molecule has 28 heavy (non-hydrogen) atoms. The quantitative estimate of drug-likeness (QED) is 0.489. The number of hydrogen-bond donors (Lipinski definition) is 1. The fourth-order valence-electron chi connectivity index (χ4n) is 2.82. The molecule has 1 amide bonds. The summed E-state index contributed by atoms with van der Waals surface area (Å²) < 4.78 is 1.66. The first-order valence-electron chi connectivity index (χ1n) is 9.45. The maximum atomic E-state index is 13.1. The largest absolute Gasteiger partial charge is 0.353 e. The van der Waals surface area contributed by atoms with Gasteiger partial charge in [0.25, 0.3) is 5.56 Å². The fraction of sp³-hybridized carbons (Fsp3) is 0.318. The summed E-state index contributed by atoms with van der Waals surface area (Å²) in [5.74, 6) is 0.173. The van der Waals surface area contributed by atoms with E-state index < -0.39 is 0 Å². The molecule has 3 rings (SSSR count). The number of aryl methyl sites for hydroxylation is 1. The molecule has 1 aromatic heterocycles. The standard InChI is InChI=1S/C22H25N3O2S/c1-4-16(3)23-20(26)14-28-22-24-19-8-6-5-7-18(19)21(27)25(22)13-17-11-9-15(2)10-12-17/h5-12,16H,4,13-14H2,1-3H3,(H,23,26)/t16-/m0/s1. The molecule has 1 atom stereocenters. The van der Waals surface area contributed by atoms with Gasteiger partial charge >= 0.3 is 0 Å². The van der Waals surface area contributed by atoms with E-state index in [2.05, 4.69) is 10.3 Å². The van der Waals surface area contributed by atoms with Crippen molar-refractivity contribution in [2.24, 2.45) is 0 Å². The molecule has 0 aliphatic heterocycles. The van der Waals surface area contributed by atoms with Crippen molar-refractivity contribution in [1.29, 1.82) is 0 Å². The molecular formula is C22H25N3O2S. The number of para-hydroxylation sites is 1. The molecule has 0 bridgehead atoms. The van der Waals surface area contributed by atoms with Crippen LogP contribution in [0, 0.1) is 6.92 Å². The molecule has 1 N–H and O–H groups in total. The molecule has 2 aromatic carbocycles. The highest BCUT2D eigenvalue weighted by atomic mass is 32.2. The smallest absolute Gasteiger partial charge is 0.262 e. The molecule has 0 unspecified atom stereocenters. The maximum absolute atomic E-state index is 13.1. The van der Waals surface area contributed by atoms with Crippen molar-refractivity contribution in [1.82, 2.24) is 14.9 Å². The van der Waals surface area contributed by atoms with Gasteiger partial charge in [-0.05, 0) is 38.0 Å². The Morgan fingerprint density at radius 3 is 2.61 bits per heavy atom. The summed E-state index contributed by atoms with van der Waals surface area (Å²) in [6.45, 7) is 6.46. The Kier molecular flexibility index (Phi) is 6.52. The van der Waals surface area contributed by atoms with Crippen LogP contribution in [-0.2, 0) is 11.3 Å². The lowest BCUT2D eigenvalue weighted by atomic mass is 10.1. The predicted molar refractivity (Wildman–Crippen MR) is 115 cm³/mol. The van der Waals surface area contributed by atoms with Crippen molar-refractivity contribution < 1.29 is 4.79 Å². The van der Waals surface area contributed by atoms with Crippen molar-refractivity contribution >= 4 is 28.6 Å². The first-order chi connectivity index (χ1) is 13.5. The number of nitrogens with one attached hydrogen (secondary N) is 1. The Bertz CT molecular complexity index is 1030. The third-order valence-corrected chi connectivity index (χ3v) is 5.62. The highest BCUT2D eigenvalue weighted by Crippen LogP contribution is 2.19. The Labute approximate surface area is 169 Å². The van der Waals surface area contributed by atoms with Crippen LogP contribution in [0.25, 0.3) is 10.9 Å². The Balaban J connectivity index is 1.93. The Morgan fingerprint density at radius 1 is 1.18 bits per heavy atom. The molecule has 3 aromatic rings. The molecule has 146 valence electrons. The van der Waals surface area contributed by atoms with Crippen molar-refractivity contribution in [2.75, 3.05) is 5.75 Å². The summed E-state index contributed by atoms with van der Waals surface area (Å²) in [5.41, 5.74) is 2.76. The van der Waals surface area contributed by atoms with E-state index in [-0.39, 0.29) is 23.3 Å². The van der Waals surface area contributed by atoms with E-state index in [4.69, 9.17) is 0 Å². The van der Waals surface area contributed by atoms with Crippen LogP contribution in [0.5, 0.6) is 0 Å². The zero-order valence-electron chi connectivity index (χ0n) is 16.4. The molecule has 0 radical (unpaired) electrons. The lowest BCUT2D eigenvalue weighted by Crippen LogP contribution is -2.33. The summed E-state index contributed by atoms with van der Waals surface area (Å²) >= 11 is 1.30. The van der Waals surface area contributed by atoms with Crippen LogP contribution in [0.15, 0.2) is 58.5 Å². The van der Waals surface area contributed by atoms with E-state index in [1.54, 1.807) is 10.6 Å². The number of thioether (sulfide) groups is 1. The molecule has 0 aliphatic carbocycles. The van der Waals surface area contributed by atoms with Crippen molar-refractivity contribution in [3.63, 3.8) is 0 Å². The Morgan fingerprint density at radius 2 is 1.89 bits per heavy atom. The molecule has 0 spiro atoms. The fourth-order valence-corrected chi connectivity index (χ4v) is 3.63. The minimum absolute atomic E-state index is 0.0522. The molecule has 5 nitrogen and oxygen atoms in total. The predicted octanol–water partition coefficient (Wildman–Crippen LogP) is 3.76. The van der Waals surface area contributed by atoms with E-state index in [1.165, 1.54) is 17.3 Å². The second-order valence-corrected chi connectivity index (χ2v) is 7.90. The number of hydrogen-bond acceptors (Lipinski definition) is 4. The van der Waals surface area contributed by atoms with Gasteiger partial charge in [0.15, 0.2) is 5.16 Å². The SMILES string of the molecule is CC[C@H](C)NC(=O)CSc1nc2ccccc2c(=O)n1Cc1ccc(C)cc1. The third kappa shape index (κ3) is 4.81. The van der Waals surface area contributed by atoms with Crippen molar-refractivity contribution in [3.05, 3.63) is 70.0 Å². The average molecular weight is 396 g/mol. The zero-order chi connectivity index (χ0) is 20.1. The zero-order valence-corrected chi connectivity index (χ0v) is 17.3. The molecule has 0 saturated carbocycles. The minimum Gasteiger partial charge on any atom is -0.353 e. The summed E-state index contributed by atoms with van der Waals surface area (Å²) in [6.07, 6.45) is 0.878. The van der Waals surface area contributed by atoms with Crippen molar-refractivity contribution in [2.45, 2.75) is 44.9 Å². The number of nitrogens with zero attached hydrogens (tertiary/aromatic N) is 2. The monoisotopic (exact) mass is 395 g/mol. The van der Waals surface area contributed by atoms with Gasteiger partial charge in [-0.3, -0.25) is 14.2 Å². The number of amides is 1. The van der Waals surface area contributed by atoms with Crippen LogP contribution in [0.4, 0.5) is 0 Å². The molecule has 0 aliphatic rings. The van der Waals surface area contributed by atoms with Gasteiger partial charge in [0, 0.05) is 6.04 Å². The van der Waals surface area contributed by atoms with Gasteiger partial charge in [-0.1, -0.05) is 60.6 Å². The van der Waals surface area contributed by atoms with Gasteiger partial charge in [0.2, 0.25) is 5.91 Å². The second kappa shape index (κ2) is 9.06. The lowest BCUT2D eigenvalue weighted by Gasteiger charge is -2.14. The van der Waals surface area contributed by atoms with E-state index >= 15 is 0 Å². The third-order valence-electron chi connectivity index (χ3n) is 4.64. The summed E-state index contributed by atoms with van der Waals surface area (Å²) in [6, 6.07) is 15.5. The normalized spacial score (nSPS) is 12.1. The number of rotatable bonds is 7. The van der Waals surface area contributed by atoms with Crippen molar-refractivity contribution in [3.8, 4) is 0 Å². The molecule has 0 saturated heterocycles. The van der Waals surface area contributed by atoms with Gasteiger partial charge < -0.3 is 5.32 Å². The van der Waals surface area contributed by atoms with Gasteiger partial charge in [0.05, 0.1) is 23.2 Å². The lowest BCUT2D eigenvalue weighted by molar-refractivity contribution is -0.119. The minimum atomic E-state index is -0.0870. The highest BCUT2D eigenvalue weighted by Gasteiger charge is 2.14. The van der Waals surface area contributed by atoms with Crippen LogP contribution in [-0.4, -0.2) is 27.3 Å². The van der Waals surface area contributed by atoms with Crippen LogP contribution in [0.3, 0.4) is 0 Å². The average Bonchev–Trinajstić information content (AvgIpc) is 2.70. The maximum Gasteiger partial charge on any atom is 0.262 e. The van der Waals surface area contributed by atoms with Crippen LogP contribution >= 0.6 is 11.8 Å². The van der Waals surface area contributed by atoms with Crippen LogP contribution in [0.2, 0.25) is 0 Å². The number of fused-ring (bicyclic) bond motifs is 1. The van der Waals surface area contributed by atoms with E-state index in [9.17, 15) is 9.59 Å². The first kappa shape index (κ1) is 20.1. The van der Waals surface area contributed by atoms with Gasteiger partial charge in [-0.15, -0.1) is 0 Å². The van der Waals surface area contributed by atoms with E-state index in [1.807, 2.05) is 63.2 Å². The molecular weight excluding hydrogens is 370 g/mol. The van der Waals surface area contributed by atoms with E-state index in [0.29, 0.717) is 22.6 Å². The van der Waals surface area contributed by atoms with Gasteiger partial charge in [0.1, 0.15) is 0 Å². The van der Waals surface area contributed by atoms with Crippen LogP contribution < -0.4 is 10.9 Å². The summed E-state index contributed by atoms with van der Waals surface area (Å²) in [7, 11) is 0. The van der Waals surface area contributed by atoms with Crippen LogP contribution in [0.1, 0.15) is 31.4 Å². The number of benzene rings is 2. The summed E-state index contributed by atoms with van der Waals surface area (Å²) in [4.78, 5) is 30.0. The molecule has 1 heterocycles. The number of aromatic nitrogens is 2. The van der Waals surface area contributed by atoms with Gasteiger partial charge in [-0.25, -0.2) is 4.98 Å². The summed E-state index contributed by atoms with van der Waals surface area (Å²) in [5, 5.41) is 4.10. The molecule has 6 heteroatoms. The topological polar surface area (TPSA) is 64.0 Å². The number of carbonyl (C=O) groups is 1. The second-order valence-electron chi connectivity index (χ2n) is 6.95. The highest BCUT2D eigenvalue weighted by molar-refractivity contribution is 7.99. The van der Waals surface area contributed by atoms with Gasteiger partial charge in [-0.2, -0.15) is 0 Å². The molecule has 0 fully saturated rings.